The predicted octanol–water partition coefficient (Wildman–Crippen LogP) is -0.828. The Balaban J connectivity index is 3.26. The van der Waals surface area contributed by atoms with Crippen molar-refractivity contribution in [2.24, 2.45) is 0 Å². The van der Waals surface area contributed by atoms with Gasteiger partial charge in [0.25, 0.3) is 0 Å². The Morgan fingerprint density at radius 2 is 2.50 bits per heavy atom. The molecule has 1 aromatic rings. The smallest absolute Gasteiger partial charge is 0.278 e. The van der Waals surface area contributed by atoms with Gasteiger partial charge in [0.2, 0.25) is 6.41 Å². The lowest BCUT2D eigenvalue weighted by molar-refractivity contribution is 0.543. The van der Waals surface area contributed by atoms with Crippen LogP contribution in [0.3, 0.4) is 0 Å². The van der Waals surface area contributed by atoms with Crippen molar-refractivity contribution in [3.63, 3.8) is 0 Å². The van der Waals surface area contributed by atoms with Crippen molar-refractivity contribution in [1.82, 2.24) is 14.8 Å². The number of carbonyl (C=O) groups is 1. The van der Waals surface area contributed by atoms with Crippen molar-refractivity contribution in [3.8, 4) is 0 Å². The molecule has 0 aromatic carbocycles. The van der Waals surface area contributed by atoms with Crippen LogP contribution < -0.4 is 5.69 Å². The first-order chi connectivity index (χ1) is 4.79. The van der Waals surface area contributed by atoms with E-state index in [1.807, 2.05) is 6.92 Å². The molecule has 0 saturated carbocycles. The SMILES string of the molecule is CCc1n[nH]c(=O)n1C=O. The average Bonchev–Trinajstić information content (AvgIpc) is 2.30. The van der Waals surface area contributed by atoms with Crippen LogP contribution in [0.25, 0.3) is 0 Å². The maximum atomic E-state index is 10.6. The lowest BCUT2D eigenvalue weighted by Gasteiger charge is -1.88. The molecule has 54 valence electrons. The van der Waals surface area contributed by atoms with Gasteiger partial charge in [-0.15, -0.1) is 0 Å². The summed E-state index contributed by atoms with van der Waals surface area (Å²) in [5.74, 6) is 0.458. The zero-order valence-corrected chi connectivity index (χ0v) is 5.50. The summed E-state index contributed by atoms with van der Waals surface area (Å²) in [7, 11) is 0. The summed E-state index contributed by atoms with van der Waals surface area (Å²) >= 11 is 0. The third-order valence-electron chi connectivity index (χ3n) is 1.20. The highest BCUT2D eigenvalue weighted by Crippen LogP contribution is 1.85. The van der Waals surface area contributed by atoms with Gasteiger partial charge in [0.05, 0.1) is 0 Å². The summed E-state index contributed by atoms with van der Waals surface area (Å²) in [4.78, 5) is 20.8. The van der Waals surface area contributed by atoms with Crippen LogP contribution in [-0.4, -0.2) is 21.2 Å². The molecule has 10 heavy (non-hydrogen) atoms. The highest BCUT2D eigenvalue weighted by molar-refractivity contribution is 5.52. The molecule has 0 saturated heterocycles. The second kappa shape index (κ2) is 2.47. The molecular formula is C5H7N3O2. The van der Waals surface area contributed by atoms with E-state index < -0.39 is 5.69 Å². The number of aryl methyl sites for hydroxylation is 1. The van der Waals surface area contributed by atoms with Crippen LogP contribution in [0.15, 0.2) is 4.79 Å². The minimum Gasteiger partial charge on any atom is -0.278 e. The second-order valence-corrected chi connectivity index (χ2v) is 1.77. The first kappa shape index (κ1) is 6.73. The molecule has 0 aliphatic heterocycles. The van der Waals surface area contributed by atoms with Crippen LogP contribution in [0.4, 0.5) is 0 Å². The summed E-state index contributed by atoms with van der Waals surface area (Å²) < 4.78 is 0.944. The maximum Gasteiger partial charge on any atom is 0.350 e. The Morgan fingerprint density at radius 1 is 1.80 bits per heavy atom. The van der Waals surface area contributed by atoms with Gasteiger partial charge in [0, 0.05) is 6.42 Å². The largest absolute Gasteiger partial charge is 0.350 e. The predicted molar refractivity (Wildman–Crippen MR) is 34.4 cm³/mol. The Bertz CT molecular complexity index is 285. The van der Waals surface area contributed by atoms with Crippen LogP contribution in [-0.2, 0) is 11.2 Å². The van der Waals surface area contributed by atoms with Gasteiger partial charge >= 0.3 is 5.69 Å². The number of hydrogen-bond donors (Lipinski definition) is 1. The van der Waals surface area contributed by atoms with Gasteiger partial charge in [-0.25, -0.2) is 14.5 Å². The van der Waals surface area contributed by atoms with Gasteiger partial charge in [-0.3, -0.25) is 4.79 Å². The number of hydrogen-bond acceptors (Lipinski definition) is 3. The highest BCUT2D eigenvalue weighted by atomic mass is 16.2. The maximum absolute atomic E-state index is 10.6. The standard InChI is InChI=1S/C5H7N3O2/c1-2-4-6-7-5(10)8(4)3-9/h3H,2H2,1H3,(H,7,10). The fourth-order valence-corrected chi connectivity index (χ4v) is 0.695. The molecule has 0 amide bonds. The highest BCUT2D eigenvalue weighted by Gasteiger charge is 2.02. The molecule has 5 heteroatoms. The fraction of sp³-hybridized carbons (Fsp3) is 0.400. The van der Waals surface area contributed by atoms with Crippen molar-refractivity contribution in [1.29, 1.82) is 0 Å². The summed E-state index contributed by atoms with van der Waals surface area (Å²) in [5.41, 5.74) is -0.480. The van der Waals surface area contributed by atoms with Gasteiger partial charge in [-0.1, -0.05) is 6.92 Å². The number of nitrogens with one attached hydrogen (secondary N) is 1. The third kappa shape index (κ3) is 0.854. The summed E-state index contributed by atoms with van der Waals surface area (Å²) in [6.07, 6.45) is 1.02. The van der Waals surface area contributed by atoms with Gasteiger partial charge in [0.15, 0.2) is 0 Å². The van der Waals surface area contributed by atoms with E-state index in [2.05, 4.69) is 10.2 Å². The van der Waals surface area contributed by atoms with E-state index in [0.717, 1.165) is 4.57 Å². The lowest BCUT2D eigenvalue weighted by atomic mass is 10.5. The Hall–Kier alpha value is -1.39. The quantitative estimate of drug-likeness (QED) is 0.547. The topological polar surface area (TPSA) is 67.8 Å². The number of rotatable bonds is 2. The van der Waals surface area contributed by atoms with Gasteiger partial charge in [-0.2, -0.15) is 5.10 Å². The molecule has 0 radical (unpaired) electrons. The summed E-state index contributed by atoms with van der Waals surface area (Å²) in [6.45, 7) is 1.82. The average molecular weight is 141 g/mol. The molecule has 1 heterocycles. The van der Waals surface area contributed by atoms with E-state index in [4.69, 9.17) is 0 Å². The normalized spacial score (nSPS) is 9.70. The first-order valence-corrected chi connectivity index (χ1v) is 2.90. The third-order valence-corrected chi connectivity index (χ3v) is 1.20. The van der Waals surface area contributed by atoms with E-state index in [0.29, 0.717) is 18.7 Å². The molecule has 5 nitrogen and oxygen atoms in total. The molecule has 0 spiro atoms. The summed E-state index contributed by atoms with van der Waals surface area (Å²) in [6, 6.07) is 0. The molecule has 0 fully saturated rings. The number of aromatic nitrogens is 3. The number of H-pyrrole nitrogens is 1. The molecule has 0 aliphatic rings. The van der Waals surface area contributed by atoms with E-state index >= 15 is 0 Å². The van der Waals surface area contributed by atoms with Gasteiger partial charge < -0.3 is 0 Å². The van der Waals surface area contributed by atoms with Gasteiger partial charge in [-0.05, 0) is 0 Å². The van der Waals surface area contributed by atoms with Crippen molar-refractivity contribution in [2.45, 2.75) is 13.3 Å². The Kier molecular flexibility index (Phi) is 1.66. The second-order valence-electron chi connectivity index (χ2n) is 1.77. The minimum absolute atomic E-state index is 0.449. The Labute approximate surface area is 56.7 Å². The van der Waals surface area contributed by atoms with Crippen molar-refractivity contribution < 1.29 is 4.79 Å². The van der Waals surface area contributed by atoms with Crippen LogP contribution in [0, 0.1) is 0 Å². The van der Waals surface area contributed by atoms with E-state index in [1.165, 1.54) is 0 Å². The monoisotopic (exact) mass is 141 g/mol. The van der Waals surface area contributed by atoms with Crippen molar-refractivity contribution in [2.75, 3.05) is 0 Å². The minimum atomic E-state index is -0.480. The van der Waals surface area contributed by atoms with Crippen LogP contribution >= 0.6 is 0 Å². The molecule has 1 aromatic heterocycles. The Morgan fingerprint density at radius 3 is 2.90 bits per heavy atom. The molecule has 0 atom stereocenters. The molecular weight excluding hydrogens is 134 g/mol. The van der Waals surface area contributed by atoms with Crippen molar-refractivity contribution in [3.05, 3.63) is 16.3 Å². The van der Waals surface area contributed by atoms with Crippen LogP contribution in [0.2, 0.25) is 0 Å². The molecule has 1 rings (SSSR count). The zero-order chi connectivity index (χ0) is 7.56. The molecule has 0 aliphatic carbocycles. The molecule has 1 N–H and O–H groups in total. The zero-order valence-electron chi connectivity index (χ0n) is 5.50. The number of aromatic amines is 1. The van der Waals surface area contributed by atoms with Crippen molar-refractivity contribution >= 4 is 6.41 Å². The van der Waals surface area contributed by atoms with E-state index in [-0.39, 0.29) is 0 Å². The van der Waals surface area contributed by atoms with E-state index in [9.17, 15) is 9.59 Å². The number of nitrogens with zero attached hydrogens (tertiary/aromatic N) is 2. The van der Waals surface area contributed by atoms with Crippen LogP contribution in [0.1, 0.15) is 12.7 Å². The molecule has 0 unspecified atom stereocenters. The lowest BCUT2D eigenvalue weighted by Crippen LogP contribution is -2.17. The van der Waals surface area contributed by atoms with E-state index in [1.54, 1.807) is 0 Å². The number of carbonyl (C=O) groups excluding carboxylic acids is 1. The first-order valence-electron chi connectivity index (χ1n) is 2.90. The fourth-order valence-electron chi connectivity index (χ4n) is 0.695. The molecule has 0 bridgehead atoms. The van der Waals surface area contributed by atoms with Crippen LogP contribution in [0.5, 0.6) is 0 Å². The van der Waals surface area contributed by atoms with Gasteiger partial charge in [0.1, 0.15) is 5.82 Å². The summed E-state index contributed by atoms with van der Waals surface area (Å²) in [5, 5.41) is 5.76.